The standard InChI is InChI=1S/C34H43F4N7O4/c1-21-15-23(34(36,37)38)17-27(39-21)45-28(46)16-22-18-43(30-25(35)7-6-8-26(30)40(5)31(47)29(22)45)14-11-41-9-12-42(13-10-41)24-19-44(20-24)32(48)49-33(2,3)4/h6-8,15,17,22,24,29H,9-14,16,18-20H2,1-5H3/t22-,29+/m1/s1. The monoisotopic (exact) mass is 689 g/mol. The van der Waals surface area contributed by atoms with Crippen LogP contribution in [0.5, 0.6) is 0 Å². The number of carbonyl (C=O) groups is 3. The van der Waals surface area contributed by atoms with Gasteiger partial charge in [-0.3, -0.25) is 24.3 Å². The minimum atomic E-state index is -4.66. The SMILES string of the molecule is Cc1cc(C(F)(F)F)cc(N2C(=O)C[C@@H]3CN(CCN4CCN(C5CN(C(=O)OC(C)(C)C)C5)CC4)c4c(F)cccc4N(C)C(=O)[C@H]32)n1. The highest BCUT2D eigenvalue weighted by molar-refractivity contribution is 6.10. The molecule has 0 saturated carbocycles. The van der Waals surface area contributed by atoms with Crippen LogP contribution in [-0.4, -0.2) is 121 Å². The first-order chi connectivity index (χ1) is 23.0. The lowest BCUT2D eigenvalue weighted by molar-refractivity contribution is -0.137. The van der Waals surface area contributed by atoms with Crippen LogP contribution in [0.2, 0.25) is 0 Å². The molecule has 0 unspecified atom stereocenters. The smallest absolute Gasteiger partial charge is 0.416 e. The van der Waals surface area contributed by atoms with E-state index in [2.05, 4.69) is 14.8 Å². The summed E-state index contributed by atoms with van der Waals surface area (Å²) in [6, 6.07) is 5.35. The lowest BCUT2D eigenvalue weighted by Crippen LogP contribution is -2.64. The van der Waals surface area contributed by atoms with Crippen molar-refractivity contribution in [3.63, 3.8) is 0 Å². The zero-order valence-corrected chi connectivity index (χ0v) is 28.5. The van der Waals surface area contributed by atoms with Gasteiger partial charge in [0.1, 0.15) is 23.3 Å². The summed E-state index contributed by atoms with van der Waals surface area (Å²) >= 11 is 0. The van der Waals surface area contributed by atoms with E-state index in [-0.39, 0.29) is 42.3 Å². The molecule has 11 nitrogen and oxygen atoms in total. The number of aryl methyl sites for hydroxylation is 1. The van der Waals surface area contributed by atoms with Gasteiger partial charge in [-0.1, -0.05) is 6.07 Å². The molecular formula is C34H43F4N7O4. The molecule has 0 spiro atoms. The average molecular weight is 690 g/mol. The summed E-state index contributed by atoms with van der Waals surface area (Å²) in [5, 5.41) is 0. The maximum absolute atomic E-state index is 15.6. The number of likely N-dealkylation sites (N-methyl/N-ethyl adjacent to an activating group) is 1. The number of carbonyl (C=O) groups excluding carboxylic acids is 3. The van der Waals surface area contributed by atoms with E-state index in [1.54, 1.807) is 11.0 Å². The minimum absolute atomic E-state index is 0.0690. The number of para-hydroxylation sites is 1. The number of amides is 3. The lowest BCUT2D eigenvalue weighted by atomic mass is 9.95. The Morgan fingerprint density at radius 1 is 1.00 bits per heavy atom. The van der Waals surface area contributed by atoms with Crippen molar-refractivity contribution in [2.24, 2.45) is 5.92 Å². The van der Waals surface area contributed by atoms with Gasteiger partial charge in [0, 0.05) is 90.0 Å². The summed E-state index contributed by atoms with van der Waals surface area (Å²) in [6.07, 6.45) is -5.06. The lowest BCUT2D eigenvalue weighted by Gasteiger charge is -2.48. The van der Waals surface area contributed by atoms with E-state index in [1.807, 2.05) is 25.7 Å². The Balaban J connectivity index is 1.16. The van der Waals surface area contributed by atoms with Crippen molar-refractivity contribution in [1.29, 1.82) is 0 Å². The minimum Gasteiger partial charge on any atom is -0.444 e. The van der Waals surface area contributed by atoms with Crippen LogP contribution in [0.15, 0.2) is 30.3 Å². The van der Waals surface area contributed by atoms with Gasteiger partial charge in [0.05, 0.1) is 16.9 Å². The Hall–Kier alpha value is -3.98. The Kier molecular flexibility index (Phi) is 9.28. The first-order valence-corrected chi connectivity index (χ1v) is 16.6. The molecule has 0 N–H and O–H groups in total. The van der Waals surface area contributed by atoms with E-state index in [4.69, 9.17) is 4.74 Å². The average Bonchev–Trinajstić information content (AvgIpc) is 3.31. The molecule has 6 rings (SSSR count). The van der Waals surface area contributed by atoms with Gasteiger partial charge < -0.3 is 19.4 Å². The largest absolute Gasteiger partial charge is 0.444 e. The number of fused-ring (bicyclic) bond motifs is 2. The molecule has 266 valence electrons. The molecule has 0 bridgehead atoms. The molecule has 3 amide bonds. The van der Waals surface area contributed by atoms with Crippen LogP contribution in [0.1, 0.15) is 38.4 Å². The molecule has 0 radical (unpaired) electrons. The molecule has 4 aliphatic rings. The number of piperazine rings is 1. The molecule has 0 aliphatic carbocycles. The third-order valence-corrected chi connectivity index (χ3v) is 9.75. The fourth-order valence-electron chi connectivity index (χ4n) is 7.24. The Labute approximate surface area is 283 Å². The molecule has 2 aromatic rings. The zero-order chi connectivity index (χ0) is 35.4. The number of ether oxygens (including phenoxy) is 1. The summed E-state index contributed by atoms with van der Waals surface area (Å²) in [7, 11) is 1.50. The van der Waals surface area contributed by atoms with Crippen LogP contribution in [0.3, 0.4) is 0 Å². The summed E-state index contributed by atoms with van der Waals surface area (Å²) in [4.78, 5) is 54.7. The number of likely N-dealkylation sites (tertiary alicyclic amines) is 1. The van der Waals surface area contributed by atoms with E-state index in [0.29, 0.717) is 31.9 Å². The number of alkyl halides is 3. The number of rotatable bonds is 5. The number of aromatic nitrogens is 1. The maximum atomic E-state index is 15.6. The number of hydrogen-bond acceptors (Lipinski definition) is 8. The molecule has 3 fully saturated rings. The normalized spacial score (nSPS) is 22.9. The summed E-state index contributed by atoms with van der Waals surface area (Å²) in [5.41, 5.74) is -0.850. The molecular weight excluding hydrogens is 646 g/mol. The van der Waals surface area contributed by atoms with E-state index < -0.39 is 46.9 Å². The van der Waals surface area contributed by atoms with Crippen molar-refractivity contribution in [2.45, 2.75) is 58.0 Å². The summed E-state index contributed by atoms with van der Waals surface area (Å²) < 4.78 is 62.2. The first kappa shape index (κ1) is 34.9. The van der Waals surface area contributed by atoms with Crippen LogP contribution in [0.25, 0.3) is 0 Å². The van der Waals surface area contributed by atoms with Crippen LogP contribution >= 0.6 is 0 Å². The Morgan fingerprint density at radius 3 is 2.35 bits per heavy atom. The third-order valence-electron chi connectivity index (χ3n) is 9.75. The number of anilines is 3. The fraction of sp³-hybridized carbons (Fsp3) is 0.588. The fourth-order valence-corrected chi connectivity index (χ4v) is 7.24. The highest BCUT2D eigenvalue weighted by Crippen LogP contribution is 2.41. The number of benzene rings is 1. The molecule has 49 heavy (non-hydrogen) atoms. The van der Waals surface area contributed by atoms with Crippen LogP contribution < -0.4 is 14.7 Å². The molecule has 3 saturated heterocycles. The van der Waals surface area contributed by atoms with Gasteiger partial charge in [-0.25, -0.2) is 14.2 Å². The van der Waals surface area contributed by atoms with E-state index in [1.165, 1.54) is 31.0 Å². The van der Waals surface area contributed by atoms with Crippen molar-refractivity contribution >= 4 is 35.1 Å². The van der Waals surface area contributed by atoms with Crippen LogP contribution in [-0.2, 0) is 20.5 Å². The van der Waals surface area contributed by atoms with Crippen molar-refractivity contribution in [3.8, 4) is 0 Å². The zero-order valence-electron chi connectivity index (χ0n) is 28.5. The highest BCUT2D eigenvalue weighted by Gasteiger charge is 2.49. The number of halogens is 4. The van der Waals surface area contributed by atoms with Gasteiger partial charge in [0.2, 0.25) is 11.8 Å². The molecule has 4 aliphatic heterocycles. The van der Waals surface area contributed by atoms with E-state index >= 15 is 4.39 Å². The number of hydrogen-bond donors (Lipinski definition) is 0. The Bertz CT molecular complexity index is 1600. The van der Waals surface area contributed by atoms with Crippen LogP contribution in [0, 0.1) is 18.7 Å². The van der Waals surface area contributed by atoms with E-state index in [0.717, 1.165) is 43.2 Å². The quantitative estimate of drug-likeness (QED) is 0.436. The summed E-state index contributed by atoms with van der Waals surface area (Å²) in [6.45, 7) is 12.5. The predicted molar refractivity (Wildman–Crippen MR) is 175 cm³/mol. The van der Waals surface area contributed by atoms with Crippen molar-refractivity contribution < 1.29 is 36.7 Å². The van der Waals surface area contributed by atoms with Crippen LogP contribution in [0.4, 0.5) is 39.5 Å². The molecule has 2 atom stereocenters. The maximum Gasteiger partial charge on any atom is 0.416 e. The number of nitrogens with zero attached hydrogens (tertiary/aromatic N) is 7. The van der Waals surface area contributed by atoms with Gasteiger partial charge in [-0.05, 0) is 52.0 Å². The van der Waals surface area contributed by atoms with E-state index in [9.17, 15) is 27.6 Å². The number of pyridine rings is 1. The second-order valence-corrected chi connectivity index (χ2v) is 14.4. The topological polar surface area (TPSA) is 92.8 Å². The van der Waals surface area contributed by atoms with Gasteiger partial charge in [0.25, 0.3) is 0 Å². The van der Waals surface area contributed by atoms with Crippen molar-refractivity contribution in [1.82, 2.24) is 19.7 Å². The van der Waals surface area contributed by atoms with Gasteiger partial charge in [-0.2, -0.15) is 13.2 Å². The van der Waals surface area contributed by atoms with Gasteiger partial charge in [-0.15, -0.1) is 0 Å². The second kappa shape index (κ2) is 13.0. The second-order valence-electron chi connectivity index (χ2n) is 14.4. The summed E-state index contributed by atoms with van der Waals surface area (Å²) in [5.74, 6) is -2.37. The molecule has 1 aromatic carbocycles. The van der Waals surface area contributed by atoms with Crippen molar-refractivity contribution in [3.05, 3.63) is 47.4 Å². The molecule has 15 heteroatoms. The van der Waals surface area contributed by atoms with Gasteiger partial charge in [0.15, 0.2) is 0 Å². The van der Waals surface area contributed by atoms with Crippen molar-refractivity contribution in [2.75, 3.05) is 80.7 Å². The molecule has 5 heterocycles. The predicted octanol–water partition coefficient (Wildman–Crippen LogP) is 3.99. The third kappa shape index (κ3) is 7.18. The highest BCUT2D eigenvalue weighted by atomic mass is 19.4. The Morgan fingerprint density at radius 2 is 1.69 bits per heavy atom. The van der Waals surface area contributed by atoms with Gasteiger partial charge >= 0.3 is 12.3 Å². The first-order valence-electron chi connectivity index (χ1n) is 16.6. The molecule has 1 aromatic heterocycles.